The van der Waals surface area contributed by atoms with Crippen molar-refractivity contribution >= 4 is 0 Å². The van der Waals surface area contributed by atoms with Crippen molar-refractivity contribution in [3.63, 3.8) is 0 Å². The van der Waals surface area contributed by atoms with Gasteiger partial charge in [-0.3, -0.25) is 4.98 Å². The lowest BCUT2D eigenvalue weighted by atomic mass is 9.82. The molecule has 0 aliphatic carbocycles. The first-order valence-corrected chi connectivity index (χ1v) is 9.66. The number of halogens is 1. The summed E-state index contributed by atoms with van der Waals surface area (Å²) in [7, 11) is 3.13. The van der Waals surface area contributed by atoms with Crippen LogP contribution in [0.1, 0.15) is 42.1 Å². The smallest absolute Gasteiger partial charge is 0.146 e. The van der Waals surface area contributed by atoms with E-state index < -0.39 is 5.92 Å². The van der Waals surface area contributed by atoms with E-state index >= 15 is 0 Å². The minimum Gasteiger partial charge on any atom is -0.496 e. The summed E-state index contributed by atoms with van der Waals surface area (Å²) in [5, 5.41) is 9.82. The quantitative estimate of drug-likeness (QED) is 0.430. The SMILES string of the molecule is COCOC[C@H](C(C)C)C(C#N)c1cc(OC)c(Cc2cccc(C)c2F)cn1. The number of aryl methyl sites for hydroxylation is 1. The molecule has 0 saturated heterocycles. The van der Waals surface area contributed by atoms with Crippen molar-refractivity contribution in [3.05, 3.63) is 58.7 Å². The number of nitrogens with zero attached hydrogens (tertiary/aromatic N) is 2. The predicted octanol–water partition coefficient (Wildman–Crippen LogP) is 4.63. The molecule has 0 N–H and O–H groups in total. The van der Waals surface area contributed by atoms with E-state index in [1.807, 2.05) is 6.07 Å². The number of pyridine rings is 1. The van der Waals surface area contributed by atoms with E-state index in [9.17, 15) is 9.65 Å². The third-order valence-electron chi connectivity index (χ3n) is 5.09. The Kier molecular flexibility index (Phi) is 8.56. The molecule has 0 spiro atoms. The number of hydrogen-bond donors (Lipinski definition) is 0. The average molecular weight is 400 g/mol. The fourth-order valence-corrected chi connectivity index (χ4v) is 3.35. The van der Waals surface area contributed by atoms with Gasteiger partial charge >= 0.3 is 0 Å². The van der Waals surface area contributed by atoms with Crippen molar-refractivity contribution in [2.24, 2.45) is 11.8 Å². The molecule has 0 radical (unpaired) electrons. The Bertz CT molecular complexity index is 849. The summed E-state index contributed by atoms with van der Waals surface area (Å²) in [5.41, 5.74) is 2.58. The number of rotatable bonds is 10. The fourth-order valence-electron chi connectivity index (χ4n) is 3.35. The molecule has 0 aliphatic rings. The maximum atomic E-state index is 14.4. The van der Waals surface area contributed by atoms with Crippen LogP contribution in [-0.4, -0.2) is 32.6 Å². The Morgan fingerprint density at radius 3 is 2.59 bits per heavy atom. The van der Waals surface area contributed by atoms with E-state index in [1.54, 1.807) is 45.5 Å². The van der Waals surface area contributed by atoms with Crippen LogP contribution in [0.5, 0.6) is 5.75 Å². The summed E-state index contributed by atoms with van der Waals surface area (Å²) in [4.78, 5) is 4.53. The zero-order valence-electron chi connectivity index (χ0n) is 17.7. The molecule has 1 aromatic carbocycles. The first kappa shape index (κ1) is 22.8. The van der Waals surface area contributed by atoms with Crippen LogP contribution in [0.15, 0.2) is 30.5 Å². The largest absolute Gasteiger partial charge is 0.496 e. The molecule has 1 unspecified atom stereocenters. The van der Waals surface area contributed by atoms with E-state index in [4.69, 9.17) is 14.2 Å². The highest BCUT2D eigenvalue weighted by Crippen LogP contribution is 2.32. The van der Waals surface area contributed by atoms with E-state index in [-0.39, 0.29) is 24.4 Å². The first-order valence-electron chi connectivity index (χ1n) is 9.66. The Hall–Kier alpha value is -2.49. The highest BCUT2D eigenvalue weighted by Gasteiger charge is 2.28. The summed E-state index contributed by atoms with van der Waals surface area (Å²) in [6, 6.07) is 9.48. The van der Waals surface area contributed by atoms with Gasteiger partial charge in [-0.1, -0.05) is 32.0 Å². The highest BCUT2D eigenvalue weighted by molar-refractivity contribution is 5.40. The lowest BCUT2D eigenvalue weighted by Gasteiger charge is -2.25. The van der Waals surface area contributed by atoms with E-state index in [0.717, 1.165) is 5.56 Å². The maximum Gasteiger partial charge on any atom is 0.146 e. The van der Waals surface area contributed by atoms with Gasteiger partial charge in [0.25, 0.3) is 0 Å². The number of ether oxygens (including phenoxy) is 3. The van der Waals surface area contributed by atoms with Crippen LogP contribution in [0.2, 0.25) is 0 Å². The fraction of sp³-hybridized carbons (Fsp3) is 0.478. The summed E-state index contributed by atoms with van der Waals surface area (Å²) >= 11 is 0. The minimum atomic E-state index is -0.453. The second-order valence-electron chi connectivity index (χ2n) is 7.44. The third-order valence-corrected chi connectivity index (χ3v) is 5.09. The molecule has 6 heteroatoms. The van der Waals surface area contributed by atoms with E-state index in [2.05, 4.69) is 24.9 Å². The average Bonchev–Trinajstić information content (AvgIpc) is 2.71. The third kappa shape index (κ3) is 5.75. The number of benzene rings is 1. The van der Waals surface area contributed by atoms with Crippen molar-refractivity contribution in [2.75, 3.05) is 27.6 Å². The standard InChI is InChI=1S/C23H29FN2O3/c1-15(2)20(13-29-14-27-4)19(11-25)21-10-22(28-5)18(12-26-21)9-17-8-6-7-16(3)23(17)24/h6-8,10,12,15,19-20H,9,13-14H2,1-5H3/t19?,20-/m1/s1. The lowest BCUT2D eigenvalue weighted by molar-refractivity contribution is -0.0500. The number of hydrogen-bond acceptors (Lipinski definition) is 5. The molecule has 2 rings (SSSR count). The Morgan fingerprint density at radius 1 is 1.21 bits per heavy atom. The van der Waals surface area contributed by atoms with Crippen LogP contribution in [0.3, 0.4) is 0 Å². The Balaban J connectivity index is 2.31. The molecule has 2 aromatic rings. The normalized spacial score (nSPS) is 13.2. The Labute approximate surface area is 172 Å². The van der Waals surface area contributed by atoms with Gasteiger partial charge in [-0.2, -0.15) is 5.26 Å². The van der Waals surface area contributed by atoms with E-state index in [0.29, 0.717) is 35.6 Å². The first-order chi connectivity index (χ1) is 13.9. The molecule has 0 fully saturated rings. The van der Waals surface area contributed by atoms with Gasteiger partial charge in [0.1, 0.15) is 18.4 Å². The molecular weight excluding hydrogens is 371 g/mol. The van der Waals surface area contributed by atoms with Crippen molar-refractivity contribution in [3.8, 4) is 11.8 Å². The van der Waals surface area contributed by atoms with Crippen molar-refractivity contribution < 1.29 is 18.6 Å². The lowest BCUT2D eigenvalue weighted by Crippen LogP contribution is -2.24. The van der Waals surface area contributed by atoms with Gasteiger partial charge in [-0.05, 0) is 24.0 Å². The van der Waals surface area contributed by atoms with Gasteiger partial charge in [0, 0.05) is 37.3 Å². The van der Waals surface area contributed by atoms with Gasteiger partial charge in [0.2, 0.25) is 0 Å². The summed E-state index contributed by atoms with van der Waals surface area (Å²) < 4.78 is 30.4. The van der Waals surface area contributed by atoms with Crippen LogP contribution in [0.4, 0.5) is 4.39 Å². The molecular formula is C23H29FN2O3. The summed E-state index contributed by atoms with van der Waals surface area (Å²) in [5.74, 6) is 0.0865. The zero-order valence-corrected chi connectivity index (χ0v) is 17.7. The monoisotopic (exact) mass is 400 g/mol. The van der Waals surface area contributed by atoms with Gasteiger partial charge in [0.15, 0.2) is 0 Å². The molecule has 0 saturated carbocycles. The molecule has 2 atom stereocenters. The van der Waals surface area contributed by atoms with Crippen LogP contribution in [0, 0.1) is 35.9 Å². The number of aromatic nitrogens is 1. The van der Waals surface area contributed by atoms with Gasteiger partial charge in [0.05, 0.1) is 31.4 Å². The van der Waals surface area contributed by atoms with Crippen molar-refractivity contribution in [1.29, 1.82) is 5.26 Å². The summed E-state index contributed by atoms with van der Waals surface area (Å²) in [6.45, 7) is 6.42. The molecule has 1 aromatic heterocycles. The molecule has 5 nitrogen and oxygen atoms in total. The van der Waals surface area contributed by atoms with Crippen LogP contribution in [-0.2, 0) is 15.9 Å². The van der Waals surface area contributed by atoms with Gasteiger partial charge < -0.3 is 14.2 Å². The molecule has 0 aliphatic heterocycles. The maximum absolute atomic E-state index is 14.4. The topological polar surface area (TPSA) is 64.4 Å². The number of methoxy groups -OCH3 is 2. The Morgan fingerprint density at radius 2 is 1.97 bits per heavy atom. The molecule has 0 amide bonds. The molecule has 29 heavy (non-hydrogen) atoms. The second kappa shape index (κ2) is 10.9. The minimum absolute atomic E-state index is 0.0487. The van der Waals surface area contributed by atoms with Crippen LogP contribution < -0.4 is 4.74 Å². The van der Waals surface area contributed by atoms with E-state index in [1.165, 1.54) is 0 Å². The van der Waals surface area contributed by atoms with Crippen LogP contribution >= 0.6 is 0 Å². The van der Waals surface area contributed by atoms with Gasteiger partial charge in [-0.25, -0.2) is 4.39 Å². The van der Waals surface area contributed by atoms with Crippen molar-refractivity contribution in [1.82, 2.24) is 4.98 Å². The summed E-state index contributed by atoms with van der Waals surface area (Å²) in [6.07, 6.45) is 2.04. The zero-order chi connectivity index (χ0) is 21.4. The number of nitriles is 1. The molecule has 156 valence electrons. The predicted molar refractivity (Wildman–Crippen MR) is 109 cm³/mol. The van der Waals surface area contributed by atoms with Gasteiger partial charge in [-0.15, -0.1) is 0 Å². The second-order valence-corrected chi connectivity index (χ2v) is 7.44. The van der Waals surface area contributed by atoms with Crippen LogP contribution in [0.25, 0.3) is 0 Å². The highest BCUT2D eigenvalue weighted by atomic mass is 19.1. The molecule has 0 bridgehead atoms. The van der Waals surface area contributed by atoms with Crippen molar-refractivity contribution in [2.45, 2.75) is 33.1 Å². The molecule has 1 heterocycles.